The lowest BCUT2D eigenvalue weighted by Crippen LogP contribution is -2.35. The van der Waals surface area contributed by atoms with Gasteiger partial charge in [-0.2, -0.15) is 5.26 Å². The van der Waals surface area contributed by atoms with Crippen molar-refractivity contribution in [1.29, 1.82) is 5.26 Å². The topological polar surface area (TPSA) is 69.0 Å². The second-order valence-corrected chi connectivity index (χ2v) is 5.79. The highest BCUT2D eigenvalue weighted by Gasteiger charge is 2.22. The van der Waals surface area contributed by atoms with E-state index in [-0.39, 0.29) is 17.3 Å². The minimum absolute atomic E-state index is 0.0521. The van der Waals surface area contributed by atoms with Crippen LogP contribution >= 0.6 is 0 Å². The summed E-state index contributed by atoms with van der Waals surface area (Å²) in [7, 11) is 1.68. The van der Waals surface area contributed by atoms with E-state index in [0.717, 1.165) is 30.9 Å². The molecule has 1 heterocycles. The largest absolute Gasteiger partial charge is 0.322 e. The molecule has 1 aromatic heterocycles. The number of aromatic nitrogens is 1. The Morgan fingerprint density at radius 2 is 2.24 bits per heavy atom. The molecule has 2 amide bonds. The van der Waals surface area contributed by atoms with Crippen LogP contribution in [0.2, 0.25) is 0 Å². The molecule has 2 aromatic rings. The highest BCUT2D eigenvalue weighted by Crippen LogP contribution is 2.26. The molecule has 1 N–H and O–H groups in total. The highest BCUT2D eigenvalue weighted by atomic mass is 19.1. The molecule has 130 valence electrons. The molecule has 0 saturated heterocycles. The second kappa shape index (κ2) is 8.78. The van der Waals surface area contributed by atoms with E-state index in [2.05, 4.69) is 17.2 Å². The molecule has 2 rings (SSSR count). The summed E-state index contributed by atoms with van der Waals surface area (Å²) in [5, 5.41) is 11.4. The van der Waals surface area contributed by atoms with Gasteiger partial charge >= 0.3 is 6.03 Å². The Hall–Kier alpha value is -2.94. The number of carbonyl (C=O) groups is 1. The van der Waals surface area contributed by atoms with Gasteiger partial charge in [-0.1, -0.05) is 25.8 Å². The van der Waals surface area contributed by atoms with Crippen molar-refractivity contribution in [3.63, 3.8) is 0 Å². The lowest BCUT2D eigenvalue weighted by Gasteiger charge is -2.28. The van der Waals surface area contributed by atoms with Gasteiger partial charge in [0.05, 0.1) is 23.4 Å². The summed E-state index contributed by atoms with van der Waals surface area (Å²) >= 11 is 0. The van der Waals surface area contributed by atoms with Gasteiger partial charge in [-0.05, 0) is 36.2 Å². The third kappa shape index (κ3) is 4.77. The molecule has 0 radical (unpaired) electrons. The fraction of sp³-hybridized carbons (Fsp3) is 0.316. The van der Waals surface area contributed by atoms with Gasteiger partial charge in [0.1, 0.15) is 5.82 Å². The zero-order valence-electron chi connectivity index (χ0n) is 14.4. The molecular formula is C19H21FN4O. The van der Waals surface area contributed by atoms with Crippen molar-refractivity contribution < 1.29 is 9.18 Å². The van der Waals surface area contributed by atoms with E-state index in [9.17, 15) is 9.18 Å². The Balaban J connectivity index is 2.16. The fourth-order valence-electron chi connectivity index (χ4n) is 2.59. The Kier molecular flexibility index (Phi) is 6.47. The first-order valence-corrected chi connectivity index (χ1v) is 8.20. The minimum atomic E-state index is -0.632. The molecule has 0 aliphatic carbocycles. The molecule has 5 nitrogen and oxygen atoms in total. The number of pyridine rings is 1. The molecule has 0 saturated carbocycles. The molecule has 0 spiro atoms. The second-order valence-electron chi connectivity index (χ2n) is 5.79. The van der Waals surface area contributed by atoms with E-state index in [1.807, 2.05) is 18.2 Å². The van der Waals surface area contributed by atoms with E-state index in [0.29, 0.717) is 0 Å². The van der Waals surface area contributed by atoms with Crippen LogP contribution in [0.1, 0.15) is 43.4 Å². The third-order valence-corrected chi connectivity index (χ3v) is 4.03. The predicted molar refractivity (Wildman–Crippen MR) is 94.4 cm³/mol. The fourth-order valence-corrected chi connectivity index (χ4v) is 2.59. The minimum Gasteiger partial charge on any atom is -0.320 e. The number of unbranched alkanes of at least 4 members (excludes halogenated alkanes) is 1. The van der Waals surface area contributed by atoms with E-state index in [1.54, 1.807) is 24.3 Å². The standard InChI is InChI=1S/C19H21FN4O/c1-3-4-7-18(15-6-5-10-22-13-15)24(2)19(25)23-17-9-8-14(12-21)11-16(17)20/h5-6,8-11,13,18H,3-4,7H2,1-2H3,(H,23,25)/t18-/m0/s1. The number of hydrogen-bond acceptors (Lipinski definition) is 3. The number of anilines is 1. The Morgan fingerprint density at radius 3 is 2.84 bits per heavy atom. The van der Waals surface area contributed by atoms with E-state index >= 15 is 0 Å². The van der Waals surface area contributed by atoms with Crippen LogP contribution in [0.4, 0.5) is 14.9 Å². The molecule has 0 aliphatic rings. The van der Waals surface area contributed by atoms with Gasteiger partial charge in [0, 0.05) is 19.4 Å². The first-order chi connectivity index (χ1) is 12.1. The number of benzene rings is 1. The monoisotopic (exact) mass is 340 g/mol. The Morgan fingerprint density at radius 1 is 1.44 bits per heavy atom. The Bertz CT molecular complexity index is 758. The predicted octanol–water partition coefficient (Wildman–Crippen LogP) is 4.49. The van der Waals surface area contributed by atoms with Crippen molar-refractivity contribution in [1.82, 2.24) is 9.88 Å². The summed E-state index contributed by atoms with van der Waals surface area (Å²) in [4.78, 5) is 18.2. The zero-order chi connectivity index (χ0) is 18.2. The van der Waals surface area contributed by atoms with Gasteiger partial charge in [0.15, 0.2) is 0 Å². The summed E-state index contributed by atoms with van der Waals surface area (Å²) in [6.45, 7) is 2.09. The first kappa shape index (κ1) is 18.4. The Labute approximate surface area is 147 Å². The molecular weight excluding hydrogens is 319 g/mol. The zero-order valence-corrected chi connectivity index (χ0v) is 14.4. The van der Waals surface area contributed by atoms with Crippen LogP contribution in [0, 0.1) is 17.1 Å². The number of halogens is 1. The summed E-state index contributed by atoms with van der Waals surface area (Å²) in [6, 6.07) is 9.04. The molecule has 0 aliphatic heterocycles. The van der Waals surface area contributed by atoms with Crippen molar-refractivity contribution in [2.24, 2.45) is 0 Å². The maximum absolute atomic E-state index is 14.0. The van der Waals surface area contributed by atoms with Crippen LogP contribution in [0.25, 0.3) is 0 Å². The molecule has 0 fully saturated rings. The highest BCUT2D eigenvalue weighted by molar-refractivity contribution is 5.89. The average molecular weight is 340 g/mol. The van der Waals surface area contributed by atoms with Gasteiger partial charge in [-0.3, -0.25) is 4.98 Å². The van der Waals surface area contributed by atoms with Gasteiger partial charge in [-0.25, -0.2) is 9.18 Å². The summed E-state index contributed by atoms with van der Waals surface area (Å²) < 4.78 is 14.0. The third-order valence-electron chi connectivity index (χ3n) is 4.03. The number of rotatable bonds is 6. The maximum Gasteiger partial charge on any atom is 0.322 e. The number of nitrogens with one attached hydrogen (secondary N) is 1. The first-order valence-electron chi connectivity index (χ1n) is 8.20. The summed E-state index contributed by atoms with van der Waals surface area (Å²) in [5.74, 6) is -0.632. The SMILES string of the molecule is CCCC[C@@H](c1cccnc1)N(C)C(=O)Nc1ccc(C#N)cc1F. The number of urea groups is 1. The van der Waals surface area contributed by atoms with E-state index in [4.69, 9.17) is 5.26 Å². The average Bonchev–Trinajstić information content (AvgIpc) is 2.64. The van der Waals surface area contributed by atoms with Crippen LogP contribution in [-0.2, 0) is 0 Å². The van der Waals surface area contributed by atoms with Crippen molar-refractivity contribution in [3.05, 3.63) is 59.7 Å². The lowest BCUT2D eigenvalue weighted by atomic mass is 10.0. The number of amides is 2. The van der Waals surface area contributed by atoms with Crippen molar-refractivity contribution in [2.45, 2.75) is 32.2 Å². The number of hydrogen-bond donors (Lipinski definition) is 1. The van der Waals surface area contributed by atoms with E-state index < -0.39 is 11.8 Å². The van der Waals surface area contributed by atoms with Gasteiger partial charge in [-0.15, -0.1) is 0 Å². The van der Waals surface area contributed by atoms with Crippen LogP contribution in [-0.4, -0.2) is 23.0 Å². The van der Waals surface area contributed by atoms with Gasteiger partial charge < -0.3 is 10.2 Å². The van der Waals surface area contributed by atoms with Crippen LogP contribution < -0.4 is 5.32 Å². The van der Waals surface area contributed by atoms with Gasteiger partial charge in [0.2, 0.25) is 0 Å². The van der Waals surface area contributed by atoms with Crippen molar-refractivity contribution >= 4 is 11.7 Å². The quantitative estimate of drug-likeness (QED) is 0.842. The van der Waals surface area contributed by atoms with Crippen LogP contribution in [0.15, 0.2) is 42.7 Å². The number of carbonyl (C=O) groups excluding carboxylic acids is 1. The molecule has 1 atom stereocenters. The molecule has 25 heavy (non-hydrogen) atoms. The maximum atomic E-state index is 14.0. The van der Waals surface area contributed by atoms with Crippen LogP contribution in [0.3, 0.4) is 0 Å². The van der Waals surface area contributed by atoms with E-state index in [1.165, 1.54) is 12.1 Å². The molecule has 0 bridgehead atoms. The summed E-state index contributed by atoms with van der Waals surface area (Å²) in [6.07, 6.45) is 6.19. The van der Waals surface area contributed by atoms with Crippen molar-refractivity contribution in [3.8, 4) is 6.07 Å². The number of nitriles is 1. The van der Waals surface area contributed by atoms with Crippen molar-refractivity contribution in [2.75, 3.05) is 12.4 Å². The molecule has 6 heteroatoms. The molecule has 1 aromatic carbocycles. The number of nitrogens with zero attached hydrogens (tertiary/aromatic N) is 3. The lowest BCUT2D eigenvalue weighted by molar-refractivity contribution is 0.199. The normalized spacial score (nSPS) is 11.4. The van der Waals surface area contributed by atoms with Crippen LogP contribution in [0.5, 0.6) is 0 Å². The smallest absolute Gasteiger partial charge is 0.320 e. The summed E-state index contributed by atoms with van der Waals surface area (Å²) in [5.41, 5.74) is 1.20. The van der Waals surface area contributed by atoms with Gasteiger partial charge in [0.25, 0.3) is 0 Å². The molecule has 0 unspecified atom stereocenters.